The lowest BCUT2D eigenvalue weighted by Crippen LogP contribution is -2.24. The lowest BCUT2D eigenvalue weighted by molar-refractivity contribution is -0.143. The molecule has 0 aliphatic rings. The first-order chi connectivity index (χ1) is 12.4. The summed E-state index contributed by atoms with van der Waals surface area (Å²) in [5.41, 5.74) is 1.17. The van der Waals surface area contributed by atoms with Crippen molar-refractivity contribution in [3.8, 4) is 11.5 Å². The number of aromatic nitrogens is 2. The first-order valence-electron chi connectivity index (χ1n) is 7.83. The van der Waals surface area contributed by atoms with Gasteiger partial charge in [-0.05, 0) is 32.0 Å². The van der Waals surface area contributed by atoms with Crippen molar-refractivity contribution >= 4 is 23.1 Å². The number of Topliss-reactive ketones (excluding diaryl/α,β-unsaturated/α-hetero) is 1. The van der Waals surface area contributed by atoms with Gasteiger partial charge in [0.05, 0.1) is 0 Å². The molecule has 0 aliphatic heterocycles. The molecule has 2 aromatic heterocycles. The van der Waals surface area contributed by atoms with Crippen molar-refractivity contribution in [1.82, 2.24) is 9.78 Å². The summed E-state index contributed by atoms with van der Waals surface area (Å²) in [5.74, 6) is -1.67. The highest BCUT2D eigenvalue weighted by atomic mass is 32.1. The van der Waals surface area contributed by atoms with Gasteiger partial charge < -0.3 is 9.15 Å². The fourth-order valence-corrected chi connectivity index (χ4v) is 3.35. The maximum atomic E-state index is 12.1. The molecule has 0 amide bonds. The molecule has 0 radical (unpaired) electrons. The zero-order valence-corrected chi connectivity index (χ0v) is 15.0. The van der Waals surface area contributed by atoms with Crippen molar-refractivity contribution in [2.45, 2.75) is 20.4 Å². The Morgan fingerprint density at radius 1 is 1.23 bits per heavy atom. The highest BCUT2D eigenvalue weighted by molar-refractivity contribution is 7.12. The van der Waals surface area contributed by atoms with Gasteiger partial charge in [-0.15, -0.1) is 16.4 Å². The van der Waals surface area contributed by atoms with Crippen molar-refractivity contribution in [2.75, 3.05) is 6.61 Å². The fraction of sp³-hybridized carbons (Fsp3) is 0.222. The quantitative estimate of drug-likeness (QED) is 0.488. The normalized spacial score (nSPS) is 10.7. The van der Waals surface area contributed by atoms with Crippen LogP contribution in [0.4, 0.5) is 0 Å². The number of ketones is 1. The van der Waals surface area contributed by atoms with Crippen LogP contribution >= 0.6 is 11.3 Å². The van der Waals surface area contributed by atoms with Crippen molar-refractivity contribution in [1.29, 1.82) is 0 Å². The van der Waals surface area contributed by atoms with E-state index in [1.807, 2.05) is 19.9 Å². The topological polar surface area (TPSA) is 91.4 Å². The van der Waals surface area contributed by atoms with Crippen LogP contribution in [0.2, 0.25) is 0 Å². The summed E-state index contributed by atoms with van der Waals surface area (Å²) in [6.45, 7) is 2.94. The molecule has 3 rings (SSSR count). The van der Waals surface area contributed by atoms with Crippen LogP contribution in [0.1, 0.15) is 20.1 Å². The molecule has 0 bridgehead atoms. The predicted molar refractivity (Wildman–Crippen MR) is 95.3 cm³/mol. The molecule has 1 aromatic carbocycles. The second-order valence-electron chi connectivity index (χ2n) is 5.61. The molecule has 0 unspecified atom stereocenters. The number of esters is 1. The SMILES string of the molecule is Cc1cc(C(=O)COC(=O)Cn2nc(-c3ccccc3)oc2=O)c(C)s1. The average Bonchev–Trinajstić information content (AvgIpc) is 3.15. The number of hydrogen-bond donors (Lipinski definition) is 0. The van der Waals surface area contributed by atoms with Crippen LogP contribution in [0.5, 0.6) is 0 Å². The third-order valence-electron chi connectivity index (χ3n) is 3.61. The molecule has 0 saturated carbocycles. The molecule has 0 saturated heterocycles. The lowest BCUT2D eigenvalue weighted by atomic mass is 10.2. The first kappa shape index (κ1) is 17.8. The zero-order valence-electron chi connectivity index (χ0n) is 14.2. The summed E-state index contributed by atoms with van der Waals surface area (Å²) in [6.07, 6.45) is 0. The van der Waals surface area contributed by atoms with Crippen LogP contribution in [0.25, 0.3) is 11.5 Å². The molecule has 0 aliphatic carbocycles. The van der Waals surface area contributed by atoms with Gasteiger partial charge in [-0.25, -0.2) is 4.79 Å². The molecule has 0 N–H and O–H groups in total. The van der Waals surface area contributed by atoms with E-state index < -0.39 is 18.3 Å². The third-order valence-corrected chi connectivity index (χ3v) is 4.58. The zero-order chi connectivity index (χ0) is 18.7. The molecule has 7 nitrogen and oxygen atoms in total. The van der Waals surface area contributed by atoms with E-state index in [0.717, 1.165) is 14.4 Å². The third kappa shape index (κ3) is 3.97. The average molecular weight is 372 g/mol. The largest absolute Gasteiger partial charge is 0.456 e. The van der Waals surface area contributed by atoms with Crippen molar-refractivity contribution < 1.29 is 18.7 Å². The molecule has 3 aromatic rings. The highest BCUT2D eigenvalue weighted by Gasteiger charge is 2.17. The molecule has 0 atom stereocenters. The maximum absolute atomic E-state index is 12.1. The number of hydrogen-bond acceptors (Lipinski definition) is 7. The van der Waals surface area contributed by atoms with E-state index in [2.05, 4.69) is 5.10 Å². The molecule has 0 spiro atoms. The number of aryl methyl sites for hydroxylation is 2. The van der Waals surface area contributed by atoms with Crippen molar-refractivity contribution in [3.05, 3.63) is 62.3 Å². The van der Waals surface area contributed by atoms with Crippen LogP contribution in [-0.4, -0.2) is 28.1 Å². The van der Waals surface area contributed by atoms with E-state index in [1.165, 1.54) is 11.3 Å². The van der Waals surface area contributed by atoms with Gasteiger partial charge in [0.15, 0.2) is 6.61 Å². The summed E-state index contributed by atoms with van der Waals surface area (Å²) < 4.78 is 10.9. The van der Waals surface area contributed by atoms with Crippen molar-refractivity contribution in [3.63, 3.8) is 0 Å². The Balaban J connectivity index is 1.62. The van der Waals surface area contributed by atoms with Gasteiger partial charge in [0.1, 0.15) is 6.54 Å². The summed E-state index contributed by atoms with van der Waals surface area (Å²) in [5, 5.41) is 3.98. The highest BCUT2D eigenvalue weighted by Crippen LogP contribution is 2.21. The predicted octanol–water partition coefficient (Wildman–Crippen LogP) is 2.61. The van der Waals surface area contributed by atoms with E-state index in [9.17, 15) is 14.4 Å². The summed E-state index contributed by atoms with van der Waals surface area (Å²) in [6, 6.07) is 10.6. The van der Waals surface area contributed by atoms with Gasteiger partial charge in [-0.1, -0.05) is 18.2 Å². The van der Waals surface area contributed by atoms with Gasteiger partial charge in [-0.3, -0.25) is 9.59 Å². The fourth-order valence-electron chi connectivity index (χ4n) is 2.40. The Labute approximate surface area is 152 Å². The molecule has 2 heterocycles. The van der Waals surface area contributed by atoms with Crippen LogP contribution in [-0.2, 0) is 16.1 Å². The number of carbonyl (C=O) groups excluding carboxylic acids is 2. The van der Waals surface area contributed by atoms with Gasteiger partial charge >= 0.3 is 11.7 Å². The second kappa shape index (κ2) is 7.49. The van der Waals surface area contributed by atoms with Crippen LogP contribution < -0.4 is 5.76 Å². The molecular weight excluding hydrogens is 356 g/mol. The number of rotatable bonds is 6. The molecule has 8 heteroatoms. The Kier molecular flexibility index (Phi) is 5.13. The molecule has 134 valence electrons. The van der Waals surface area contributed by atoms with Gasteiger partial charge in [0.2, 0.25) is 11.7 Å². The van der Waals surface area contributed by atoms with Gasteiger partial charge in [0.25, 0.3) is 0 Å². The van der Waals surface area contributed by atoms with Crippen LogP contribution in [0.15, 0.2) is 45.6 Å². The Morgan fingerprint density at radius 3 is 2.62 bits per heavy atom. The number of nitrogens with zero attached hydrogens (tertiary/aromatic N) is 2. The van der Waals surface area contributed by atoms with Crippen LogP contribution in [0.3, 0.4) is 0 Å². The molecule has 0 fully saturated rings. The number of ether oxygens (including phenoxy) is 1. The second-order valence-corrected chi connectivity index (χ2v) is 7.07. The minimum absolute atomic E-state index is 0.115. The summed E-state index contributed by atoms with van der Waals surface area (Å²) >= 11 is 1.51. The summed E-state index contributed by atoms with van der Waals surface area (Å²) in [4.78, 5) is 37.8. The first-order valence-corrected chi connectivity index (χ1v) is 8.65. The Morgan fingerprint density at radius 2 is 1.96 bits per heavy atom. The van der Waals surface area contributed by atoms with E-state index in [0.29, 0.717) is 11.1 Å². The van der Waals surface area contributed by atoms with E-state index >= 15 is 0 Å². The monoisotopic (exact) mass is 372 g/mol. The van der Waals surface area contributed by atoms with E-state index in [4.69, 9.17) is 9.15 Å². The standard InChI is InChI=1S/C18H16N2O5S/c1-11-8-14(12(2)26-11)15(21)10-24-16(22)9-20-18(23)25-17(19-20)13-6-4-3-5-7-13/h3-8H,9-10H2,1-2H3. The smallest absolute Gasteiger partial charge is 0.437 e. The summed E-state index contributed by atoms with van der Waals surface area (Å²) in [7, 11) is 0. The number of thiophene rings is 1. The van der Waals surface area contributed by atoms with Crippen LogP contribution in [0, 0.1) is 13.8 Å². The molecule has 26 heavy (non-hydrogen) atoms. The van der Waals surface area contributed by atoms with E-state index in [1.54, 1.807) is 30.3 Å². The Bertz CT molecular complexity index is 1000. The minimum Gasteiger partial charge on any atom is -0.456 e. The molecular formula is C18H16N2O5S. The van der Waals surface area contributed by atoms with Gasteiger partial charge in [-0.2, -0.15) is 4.68 Å². The number of carbonyl (C=O) groups is 2. The number of benzene rings is 1. The minimum atomic E-state index is -0.767. The van der Waals surface area contributed by atoms with Gasteiger partial charge in [0, 0.05) is 20.9 Å². The Hall–Kier alpha value is -3.00. The van der Waals surface area contributed by atoms with Crippen molar-refractivity contribution in [2.24, 2.45) is 0 Å². The lowest BCUT2D eigenvalue weighted by Gasteiger charge is -2.03. The maximum Gasteiger partial charge on any atom is 0.437 e. The van der Waals surface area contributed by atoms with E-state index in [-0.39, 0.29) is 18.3 Å².